The molecule has 9 heavy (non-hydrogen) atoms. The van der Waals surface area contributed by atoms with E-state index in [2.05, 4.69) is 6.07 Å². The van der Waals surface area contributed by atoms with Crippen LogP contribution in [-0.4, -0.2) is 11.7 Å². The second kappa shape index (κ2) is 1.48. The Morgan fingerprint density at radius 2 is 2.11 bits per heavy atom. The Balaban J connectivity index is 2.07. The van der Waals surface area contributed by atoms with Crippen molar-refractivity contribution < 1.29 is 4.74 Å². The van der Waals surface area contributed by atoms with E-state index in [1.54, 1.807) is 0 Å². The molecule has 0 radical (unpaired) electrons. The van der Waals surface area contributed by atoms with Crippen molar-refractivity contribution in [3.8, 4) is 6.07 Å². The SMILES string of the molecule is N#C[C@@H]1OC12CCCC2. The van der Waals surface area contributed by atoms with Crippen LogP contribution in [0.2, 0.25) is 0 Å². The fraction of sp³-hybridized carbons (Fsp3) is 0.857. The van der Waals surface area contributed by atoms with Gasteiger partial charge in [0.05, 0.1) is 6.07 Å². The van der Waals surface area contributed by atoms with Gasteiger partial charge < -0.3 is 4.74 Å². The van der Waals surface area contributed by atoms with Gasteiger partial charge >= 0.3 is 0 Å². The van der Waals surface area contributed by atoms with E-state index >= 15 is 0 Å². The first-order chi connectivity index (χ1) is 4.37. The van der Waals surface area contributed by atoms with Crippen LogP contribution in [0.15, 0.2) is 0 Å². The third-order valence-corrected chi connectivity index (χ3v) is 2.34. The standard InChI is InChI=1S/C7H9NO/c8-5-6-7(9-6)3-1-2-4-7/h6H,1-4H2/t6-/m0/s1. The maximum atomic E-state index is 8.46. The first-order valence-electron chi connectivity index (χ1n) is 3.45. The molecule has 0 N–H and O–H groups in total. The van der Waals surface area contributed by atoms with E-state index in [4.69, 9.17) is 10.00 Å². The summed E-state index contributed by atoms with van der Waals surface area (Å²) in [6.45, 7) is 0. The minimum absolute atomic E-state index is 0.0503. The molecule has 0 amide bonds. The summed E-state index contributed by atoms with van der Waals surface area (Å²) in [4.78, 5) is 0. The molecule has 0 bridgehead atoms. The van der Waals surface area contributed by atoms with E-state index in [0.717, 1.165) is 12.8 Å². The average Bonchev–Trinajstić information content (AvgIpc) is 2.30. The molecule has 1 saturated heterocycles. The first kappa shape index (κ1) is 5.25. The van der Waals surface area contributed by atoms with E-state index in [9.17, 15) is 0 Å². The second-order valence-corrected chi connectivity index (χ2v) is 2.90. The smallest absolute Gasteiger partial charge is 0.173 e. The quantitative estimate of drug-likeness (QED) is 0.454. The molecule has 48 valence electrons. The molecule has 0 unspecified atom stereocenters. The molecule has 1 saturated carbocycles. The average molecular weight is 123 g/mol. The van der Waals surface area contributed by atoms with Crippen LogP contribution < -0.4 is 0 Å². The molecule has 2 nitrogen and oxygen atoms in total. The molecular weight excluding hydrogens is 114 g/mol. The van der Waals surface area contributed by atoms with Gasteiger partial charge in [-0.05, 0) is 12.8 Å². The fourth-order valence-electron chi connectivity index (χ4n) is 1.70. The molecule has 1 spiro atoms. The van der Waals surface area contributed by atoms with Gasteiger partial charge in [-0.2, -0.15) is 5.26 Å². The molecule has 1 aliphatic carbocycles. The van der Waals surface area contributed by atoms with Crippen LogP contribution in [0.25, 0.3) is 0 Å². The zero-order valence-corrected chi connectivity index (χ0v) is 5.26. The number of ether oxygens (including phenoxy) is 1. The lowest BCUT2D eigenvalue weighted by Gasteiger charge is -1.94. The van der Waals surface area contributed by atoms with Gasteiger partial charge in [0.1, 0.15) is 5.60 Å². The second-order valence-electron chi connectivity index (χ2n) is 2.90. The highest BCUT2D eigenvalue weighted by Gasteiger charge is 2.57. The van der Waals surface area contributed by atoms with Crippen LogP contribution in [0.1, 0.15) is 25.7 Å². The summed E-state index contributed by atoms with van der Waals surface area (Å²) in [5, 5.41) is 8.46. The summed E-state index contributed by atoms with van der Waals surface area (Å²) in [5.74, 6) is 0. The van der Waals surface area contributed by atoms with Gasteiger partial charge in [0.2, 0.25) is 0 Å². The monoisotopic (exact) mass is 123 g/mol. The molecule has 2 heteroatoms. The van der Waals surface area contributed by atoms with Crippen molar-refractivity contribution in [1.82, 2.24) is 0 Å². The normalized spacial score (nSPS) is 36.6. The number of nitrogens with zero attached hydrogens (tertiary/aromatic N) is 1. The van der Waals surface area contributed by atoms with Crippen molar-refractivity contribution >= 4 is 0 Å². The lowest BCUT2D eigenvalue weighted by Crippen LogP contribution is -2.06. The van der Waals surface area contributed by atoms with Gasteiger partial charge in [0.15, 0.2) is 6.10 Å². The Morgan fingerprint density at radius 1 is 1.44 bits per heavy atom. The van der Waals surface area contributed by atoms with Gasteiger partial charge in [0.25, 0.3) is 0 Å². The van der Waals surface area contributed by atoms with Crippen LogP contribution in [0, 0.1) is 11.3 Å². The number of epoxide rings is 1. The topological polar surface area (TPSA) is 36.3 Å². The molecule has 1 aliphatic heterocycles. The van der Waals surface area contributed by atoms with Gasteiger partial charge in [-0.3, -0.25) is 0 Å². The molecule has 2 rings (SSSR count). The molecule has 1 heterocycles. The number of rotatable bonds is 0. The Morgan fingerprint density at radius 3 is 2.56 bits per heavy atom. The van der Waals surface area contributed by atoms with Crippen molar-refractivity contribution in [2.45, 2.75) is 37.4 Å². The van der Waals surface area contributed by atoms with Crippen LogP contribution in [-0.2, 0) is 4.74 Å². The third kappa shape index (κ3) is 0.585. The van der Waals surface area contributed by atoms with Gasteiger partial charge in [-0.25, -0.2) is 0 Å². The minimum atomic E-state index is -0.0556. The predicted molar refractivity (Wildman–Crippen MR) is 31.7 cm³/mol. The minimum Gasteiger partial charge on any atom is -0.350 e. The predicted octanol–water partition coefficient (Wildman–Crippen LogP) is 1.22. The summed E-state index contributed by atoms with van der Waals surface area (Å²) in [6, 6.07) is 2.15. The maximum Gasteiger partial charge on any atom is 0.173 e. The third-order valence-electron chi connectivity index (χ3n) is 2.34. The molecule has 0 aromatic carbocycles. The maximum absolute atomic E-state index is 8.46. The highest BCUT2D eigenvalue weighted by molar-refractivity contribution is 5.15. The largest absolute Gasteiger partial charge is 0.350 e. The van der Waals surface area contributed by atoms with Gasteiger partial charge in [-0.15, -0.1) is 0 Å². The lowest BCUT2D eigenvalue weighted by molar-refractivity contribution is 0.303. The van der Waals surface area contributed by atoms with E-state index < -0.39 is 0 Å². The van der Waals surface area contributed by atoms with E-state index in [1.165, 1.54) is 12.8 Å². The van der Waals surface area contributed by atoms with E-state index in [0.29, 0.717) is 0 Å². The fourth-order valence-corrected chi connectivity index (χ4v) is 1.70. The summed E-state index contributed by atoms with van der Waals surface area (Å²) in [6.07, 6.45) is 4.67. The van der Waals surface area contributed by atoms with Crippen molar-refractivity contribution in [2.24, 2.45) is 0 Å². The summed E-state index contributed by atoms with van der Waals surface area (Å²) >= 11 is 0. The molecular formula is C7H9NO. The summed E-state index contributed by atoms with van der Waals surface area (Å²) in [5.41, 5.74) is 0.0503. The zero-order chi connectivity index (χ0) is 6.32. The van der Waals surface area contributed by atoms with Crippen LogP contribution >= 0.6 is 0 Å². The van der Waals surface area contributed by atoms with Gasteiger partial charge in [-0.1, -0.05) is 12.8 Å². The number of nitriles is 1. The molecule has 0 aromatic rings. The Bertz CT molecular complexity index is 164. The van der Waals surface area contributed by atoms with E-state index in [1.807, 2.05) is 0 Å². The van der Waals surface area contributed by atoms with Crippen molar-refractivity contribution in [3.63, 3.8) is 0 Å². The lowest BCUT2D eigenvalue weighted by atomic mass is 10.1. The summed E-state index contributed by atoms with van der Waals surface area (Å²) in [7, 11) is 0. The molecule has 2 aliphatic rings. The van der Waals surface area contributed by atoms with Crippen molar-refractivity contribution in [2.75, 3.05) is 0 Å². The highest BCUT2D eigenvalue weighted by atomic mass is 16.6. The molecule has 1 atom stereocenters. The van der Waals surface area contributed by atoms with Crippen molar-refractivity contribution in [1.29, 1.82) is 5.26 Å². The Hall–Kier alpha value is -0.550. The number of hydrogen-bond acceptors (Lipinski definition) is 2. The highest BCUT2D eigenvalue weighted by Crippen LogP contribution is 2.49. The van der Waals surface area contributed by atoms with Gasteiger partial charge in [0, 0.05) is 0 Å². The molecule has 0 aromatic heterocycles. The van der Waals surface area contributed by atoms with Crippen LogP contribution in [0.5, 0.6) is 0 Å². The van der Waals surface area contributed by atoms with Crippen LogP contribution in [0.3, 0.4) is 0 Å². The Labute approximate surface area is 54.4 Å². The van der Waals surface area contributed by atoms with Crippen molar-refractivity contribution in [3.05, 3.63) is 0 Å². The summed E-state index contributed by atoms with van der Waals surface area (Å²) < 4.78 is 5.25. The molecule has 2 fully saturated rings. The zero-order valence-electron chi connectivity index (χ0n) is 5.26. The van der Waals surface area contributed by atoms with Crippen LogP contribution in [0.4, 0.5) is 0 Å². The number of hydrogen-bond donors (Lipinski definition) is 0. The van der Waals surface area contributed by atoms with E-state index in [-0.39, 0.29) is 11.7 Å². The Kier molecular flexibility index (Phi) is 0.866. The first-order valence-corrected chi connectivity index (χ1v) is 3.45.